The first-order chi connectivity index (χ1) is 12.2. The Hall–Kier alpha value is -1.80. The summed E-state index contributed by atoms with van der Waals surface area (Å²) in [5.41, 5.74) is 3.83. The van der Waals surface area contributed by atoms with Gasteiger partial charge >= 0.3 is 0 Å². The van der Waals surface area contributed by atoms with E-state index in [-0.39, 0.29) is 31.7 Å². The highest BCUT2D eigenvalue weighted by atomic mass is 35.5. The number of nitrogens with zero attached hydrogens (tertiary/aromatic N) is 1. The number of carbonyl (C=O) groups is 2. The molecule has 1 aromatic carbocycles. The van der Waals surface area contributed by atoms with Crippen molar-refractivity contribution in [1.82, 2.24) is 15.8 Å². The van der Waals surface area contributed by atoms with Crippen molar-refractivity contribution in [2.24, 2.45) is 0 Å². The van der Waals surface area contributed by atoms with Crippen LogP contribution in [0.4, 0.5) is 4.39 Å². The average molecular weight is 441 g/mol. The first-order valence-electron chi connectivity index (χ1n) is 6.93. The van der Waals surface area contributed by atoms with Gasteiger partial charge < -0.3 is 4.74 Å². The minimum atomic E-state index is -1.10. The highest BCUT2D eigenvalue weighted by molar-refractivity contribution is 6.52. The Labute approximate surface area is 167 Å². The van der Waals surface area contributed by atoms with Crippen molar-refractivity contribution in [1.29, 1.82) is 0 Å². The zero-order valence-corrected chi connectivity index (χ0v) is 16.0. The first-order valence-corrected chi connectivity index (χ1v) is 8.45. The molecule has 0 aliphatic carbocycles. The lowest BCUT2D eigenvalue weighted by Gasteiger charge is -2.15. The summed E-state index contributed by atoms with van der Waals surface area (Å²) < 4.78 is 18.7. The molecule has 2 amide bonds. The van der Waals surface area contributed by atoms with Crippen LogP contribution in [0.3, 0.4) is 0 Å². The molecule has 26 heavy (non-hydrogen) atoms. The molecule has 1 atom stereocenters. The molecule has 0 fully saturated rings. The molecule has 0 aliphatic heterocycles. The number of para-hydroxylation sites is 1. The van der Waals surface area contributed by atoms with Crippen molar-refractivity contribution < 1.29 is 18.7 Å². The van der Waals surface area contributed by atoms with E-state index in [1.54, 1.807) is 6.07 Å². The highest BCUT2D eigenvalue weighted by Gasteiger charge is 2.22. The molecule has 1 unspecified atom stereocenters. The lowest BCUT2D eigenvalue weighted by atomic mass is 10.3. The number of amides is 2. The molecular weight excluding hydrogens is 431 g/mol. The van der Waals surface area contributed by atoms with Crippen LogP contribution in [0, 0.1) is 5.82 Å². The third-order valence-corrected chi connectivity index (χ3v) is 4.69. The number of benzene rings is 1. The fraction of sp³-hybridized carbons (Fsp3) is 0.133. The van der Waals surface area contributed by atoms with Crippen LogP contribution in [0.5, 0.6) is 5.75 Å². The molecule has 138 valence electrons. The van der Waals surface area contributed by atoms with Crippen LogP contribution in [0.15, 0.2) is 24.3 Å². The number of aromatic nitrogens is 1. The number of carbonyl (C=O) groups excluding carboxylic acids is 2. The maximum Gasteiger partial charge on any atom is 0.289 e. The Bertz CT molecular complexity index is 866. The van der Waals surface area contributed by atoms with Gasteiger partial charge in [-0.3, -0.25) is 20.4 Å². The minimum Gasteiger partial charge on any atom is -0.478 e. The molecule has 0 saturated carbocycles. The number of rotatable bonds is 4. The summed E-state index contributed by atoms with van der Waals surface area (Å²) in [6.07, 6.45) is -1.10. The van der Waals surface area contributed by atoms with Crippen LogP contribution in [0.1, 0.15) is 17.4 Å². The predicted octanol–water partition coefficient (Wildman–Crippen LogP) is 4.06. The van der Waals surface area contributed by atoms with E-state index < -0.39 is 23.7 Å². The van der Waals surface area contributed by atoms with Gasteiger partial charge in [-0.15, -0.1) is 0 Å². The summed E-state index contributed by atoms with van der Waals surface area (Å²) in [6, 6.07) is 5.57. The van der Waals surface area contributed by atoms with Gasteiger partial charge in [-0.2, -0.15) is 0 Å². The standard InChI is InChI=1S/C15H10Cl4FN3O3/c1-6(26-8-5-3-2-4-7(8)20)14(24)22-23-15(25)12-10(17)9(16)11(18)13(19)21-12/h2-6H,1H3,(H,22,24)(H,23,25). The molecule has 11 heteroatoms. The second-order valence-corrected chi connectivity index (χ2v) is 6.32. The van der Waals surface area contributed by atoms with E-state index in [9.17, 15) is 14.0 Å². The van der Waals surface area contributed by atoms with Crippen LogP contribution in [-0.2, 0) is 4.79 Å². The predicted molar refractivity (Wildman–Crippen MR) is 96.4 cm³/mol. The Kier molecular flexibility index (Phi) is 6.88. The van der Waals surface area contributed by atoms with Crippen molar-refractivity contribution >= 4 is 58.2 Å². The Morgan fingerprint density at radius 2 is 1.73 bits per heavy atom. The van der Waals surface area contributed by atoms with Crippen LogP contribution in [0.2, 0.25) is 20.2 Å². The van der Waals surface area contributed by atoms with Crippen molar-refractivity contribution in [3.63, 3.8) is 0 Å². The number of hydrogen-bond donors (Lipinski definition) is 2. The molecule has 0 aliphatic rings. The summed E-state index contributed by atoms with van der Waals surface area (Å²) in [4.78, 5) is 27.8. The smallest absolute Gasteiger partial charge is 0.289 e. The molecule has 2 aromatic rings. The van der Waals surface area contributed by atoms with E-state index in [0.29, 0.717) is 0 Å². The molecule has 2 N–H and O–H groups in total. The van der Waals surface area contributed by atoms with Gasteiger partial charge in [0.15, 0.2) is 23.4 Å². The summed E-state index contributed by atoms with van der Waals surface area (Å²) in [6.45, 7) is 1.37. The number of pyridine rings is 1. The maximum atomic E-state index is 13.5. The SMILES string of the molecule is CC(Oc1ccccc1F)C(=O)NNC(=O)c1nc(Cl)c(Cl)c(Cl)c1Cl. The van der Waals surface area contributed by atoms with Gasteiger partial charge in [0.25, 0.3) is 11.8 Å². The topological polar surface area (TPSA) is 80.3 Å². The van der Waals surface area contributed by atoms with Crippen LogP contribution < -0.4 is 15.6 Å². The van der Waals surface area contributed by atoms with E-state index in [1.165, 1.54) is 25.1 Å². The summed E-state index contributed by atoms with van der Waals surface area (Å²) >= 11 is 23.2. The number of halogens is 5. The van der Waals surface area contributed by atoms with Crippen molar-refractivity contribution in [2.45, 2.75) is 13.0 Å². The number of hydrazine groups is 1. The Morgan fingerprint density at radius 3 is 2.38 bits per heavy atom. The van der Waals surface area contributed by atoms with Crippen LogP contribution in [-0.4, -0.2) is 22.9 Å². The van der Waals surface area contributed by atoms with Gasteiger partial charge in [-0.1, -0.05) is 58.5 Å². The number of ether oxygens (including phenoxy) is 1. The summed E-state index contributed by atoms with van der Waals surface area (Å²) in [5.74, 6) is -2.37. The van der Waals surface area contributed by atoms with Gasteiger partial charge in [0.1, 0.15) is 5.15 Å². The van der Waals surface area contributed by atoms with E-state index in [2.05, 4.69) is 15.8 Å². The summed E-state index contributed by atoms with van der Waals surface area (Å²) in [5, 5.41) is -0.718. The Balaban J connectivity index is 2.01. The second kappa shape index (κ2) is 8.73. The number of nitrogens with one attached hydrogen (secondary N) is 2. The van der Waals surface area contributed by atoms with Crippen LogP contribution >= 0.6 is 46.4 Å². The molecule has 0 spiro atoms. The zero-order chi connectivity index (χ0) is 19.4. The molecule has 1 heterocycles. The number of hydrogen-bond acceptors (Lipinski definition) is 4. The van der Waals surface area contributed by atoms with Gasteiger partial charge in [0.05, 0.1) is 15.1 Å². The van der Waals surface area contributed by atoms with E-state index in [0.717, 1.165) is 0 Å². The Morgan fingerprint density at radius 1 is 1.08 bits per heavy atom. The molecule has 1 aromatic heterocycles. The van der Waals surface area contributed by atoms with Crippen molar-refractivity contribution in [3.05, 3.63) is 56.0 Å². The van der Waals surface area contributed by atoms with E-state index in [1.807, 2.05) is 0 Å². The third-order valence-electron chi connectivity index (χ3n) is 3.01. The highest BCUT2D eigenvalue weighted by Crippen LogP contribution is 2.35. The quantitative estimate of drug-likeness (QED) is 0.554. The maximum absolute atomic E-state index is 13.5. The van der Waals surface area contributed by atoms with Gasteiger partial charge in [0.2, 0.25) is 0 Å². The largest absolute Gasteiger partial charge is 0.478 e. The molecular formula is C15H10Cl4FN3O3. The van der Waals surface area contributed by atoms with Gasteiger partial charge in [-0.05, 0) is 19.1 Å². The molecule has 2 rings (SSSR count). The summed E-state index contributed by atoms with van der Waals surface area (Å²) in [7, 11) is 0. The van der Waals surface area contributed by atoms with E-state index >= 15 is 0 Å². The minimum absolute atomic E-state index is 0.106. The molecule has 0 radical (unpaired) electrons. The third kappa shape index (κ3) is 4.67. The molecule has 0 bridgehead atoms. The fourth-order valence-corrected chi connectivity index (χ4v) is 2.52. The lowest BCUT2D eigenvalue weighted by Crippen LogP contribution is -2.47. The molecule has 6 nitrogen and oxygen atoms in total. The first kappa shape index (κ1) is 20.5. The zero-order valence-electron chi connectivity index (χ0n) is 12.9. The fourth-order valence-electron chi connectivity index (χ4n) is 1.70. The van der Waals surface area contributed by atoms with Gasteiger partial charge in [0, 0.05) is 0 Å². The normalized spacial score (nSPS) is 11.6. The van der Waals surface area contributed by atoms with E-state index in [4.69, 9.17) is 51.1 Å². The van der Waals surface area contributed by atoms with Crippen molar-refractivity contribution in [3.8, 4) is 5.75 Å². The average Bonchev–Trinajstić information content (AvgIpc) is 2.62. The lowest BCUT2D eigenvalue weighted by molar-refractivity contribution is -0.128. The van der Waals surface area contributed by atoms with Crippen molar-refractivity contribution in [2.75, 3.05) is 0 Å². The second-order valence-electron chi connectivity index (χ2n) is 4.83. The van der Waals surface area contributed by atoms with Crippen LogP contribution in [0.25, 0.3) is 0 Å². The van der Waals surface area contributed by atoms with Gasteiger partial charge in [-0.25, -0.2) is 9.37 Å². The monoisotopic (exact) mass is 439 g/mol. The molecule has 0 saturated heterocycles.